The molecule has 0 aliphatic carbocycles. The predicted molar refractivity (Wildman–Crippen MR) is 85.9 cm³/mol. The number of hydrogen-bond donors (Lipinski definition) is 0. The van der Waals surface area contributed by atoms with Crippen molar-refractivity contribution in [3.05, 3.63) is 64.6 Å². The lowest BCUT2D eigenvalue weighted by Gasteiger charge is -2.10. The van der Waals surface area contributed by atoms with Crippen molar-refractivity contribution in [3.8, 4) is 5.88 Å². The van der Waals surface area contributed by atoms with Gasteiger partial charge in [0.2, 0.25) is 5.88 Å². The van der Waals surface area contributed by atoms with Crippen LogP contribution in [0.3, 0.4) is 0 Å². The molecule has 0 N–H and O–H groups in total. The number of aliphatic imine (C=N–C) groups is 1. The number of aromatic nitrogens is 1. The summed E-state index contributed by atoms with van der Waals surface area (Å²) in [5.74, 6) is 0.0881. The van der Waals surface area contributed by atoms with Crippen LogP contribution in [0.1, 0.15) is 17.7 Å². The van der Waals surface area contributed by atoms with Crippen molar-refractivity contribution in [2.45, 2.75) is 13.0 Å². The van der Waals surface area contributed by atoms with Gasteiger partial charge in [0.1, 0.15) is 12.4 Å². The van der Waals surface area contributed by atoms with Gasteiger partial charge in [0.15, 0.2) is 0 Å². The van der Waals surface area contributed by atoms with Crippen molar-refractivity contribution in [1.29, 1.82) is 0 Å². The fourth-order valence-corrected chi connectivity index (χ4v) is 2.32. The van der Waals surface area contributed by atoms with Crippen LogP contribution in [-0.2, 0) is 6.61 Å². The van der Waals surface area contributed by atoms with Crippen molar-refractivity contribution in [1.82, 2.24) is 4.98 Å². The summed E-state index contributed by atoms with van der Waals surface area (Å²) < 4.78 is 19.3. The van der Waals surface area contributed by atoms with E-state index in [0.717, 1.165) is 17.7 Å². The van der Waals surface area contributed by atoms with E-state index in [4.69, 9.17) is 16.3 Å². The summed E-state index contributed by atoms with van der Waals surface area (Å²) in [5, 5.41) is 0.368. The van der Waals surface area contributed by atoms with Crippen LogP contribution in [-0.4, -0.2) is 17.7 Å². The Morgan fingerprint density at radius 2 is 2.14 bits per heavy atom. The van der Waals surface area contributed by atoms with Gasteiger partial charge in [-0.1, -0.05) is 29.8 Å². The molecule has 1 aromatic heterocycles. The van der Waals surface area contributed by atoms with Crippen molar-refractivity contribution >= 4 is 23.4 Å². The lowest BCUT2D eigenvalue weighted by atomic mass is 10.1. The smallest absolute Gasteiger partial charge is 0.214 e. The number of benzene rings is 1. The summed E-state index contributed by atoms with van der Waals surface area (Å²) in [7, 11) is 0. The van der Waals surface area contributed by atoms with E-state index in [1.807, 2.05) is 24.4 Å². The van der Waals surface area contributed by atoms with Gasteiger partial charge in [-0.25, -0.2) is 9.37 Å². The lowest BCUT2D eigenvalue weighted by Crippen LogP contribution is -2.02. The van der Waals surface area contributed by atoms with E-state index in [-0.39, 0.29) is 12.4 Å². The van der Waals surface area contributed by atoms with Crippen LogP contribution in [0.25, 0.3) is 5.57 Å². The average molecular weight is 317 g/mol. The molecule has 2 heterocycles. The Balaban J connectivity index is 1.71. The third kappa shape index (κ3) is 3.52. The van der Waals surface area contributed by atoms with E-state index in [9.17, 15) is 4.39 Å². The highest BCUT2D eigenvalue weighted by atomic mass is 35.5. The van der Waals surface area contributed by atoms with Gasteiger partial charge in [-0.3, -0.25) is 4.99 Å². The minimum atomic E-state index is -0.380. The van der Waals surface area contributed by atoms with Gasteiger partial charge in [-0.2, -0.15) is 0 Å². The zero-order valence-electron chi connectivity index (χ0n) is 11.8. The Morgan fingerprint density at radius 3 is 2.91 bits per heavy atom. The van der Waals surface area contributed by atoms with Gasteiger partial charge in [0.25, 0.3) is 0 Å². The summed E-state index contributed by atoms with van der Waals surface area (Å²) >= 11 is 5.73. The SMILES string of the molecule is Fc1cc(Cl)ccc1COc1cccc(C2=CCN=CC2)n1. The van der Waals surface area contributed by atoms with Crippen molar-refractivity contribution in [3.63, 3.8) is 0 Å². The maximum Gasteiger partial charge on any atom is 0.214 e. The van der Waals surface area contributed by atoms with Gasteiger partial charge >= 0.3 is 0 Å². The molecule has 1 aliphatic heterocycles. The number of allylic oxidation sites excluding steroid dienone is 1. The molecule has 0 saturated heterocycles. The molecule has 0 spiro atoms. The molecule has 22 heavy (non-hydrogen) atoms. The summed E-state index contributed by atoms with van der Waals surface area (Å²) in [6.07, 6.45) is 4.70. The summed E-state index contributed by atoms with van der Waals surface area (Å²) in [4.78, 5) is 8.61. The number of dihydropyridines is 1. The van der Waals surface area contributed by atoms with E-state index in [0.29, 0.717) is 23.0 Å². The van der Waals surface area contributed by atoms with Crippen LogP contribution in [0.2, 0.25) is 5.02 Å². The van der Waals surface area contributed by atoms with Gasteiger partial charge in [0.05, 0.1) is 12.2 Å². The van der Waals surface area contributed by atoms with Crippen LogP contribution in [0.15, 0.2) is 47.5 Å². The molecule has 3 nitrogen and oxygen atoms in total. The molecule has 1 aliphatic rings. The molecular weight excluding hydrogens is 303 g/mol. The molecule has 0 radical (unpaired) electrons. The summed E-state index contributed by atoms with van der Waals surface area (Å²) in [6.45, 7) is 0.790. The van der Waals surface area contributed by atoms with Crippen LogP contribution in [0.4, 0.5) is 4.39 Å². The second kappa shape index (κ2) is 6.71. The standard InChI is InChI=1S/C17H14ClFN2O/c18-14-5-4-13(15(19)10-14)11-22-17-3-1-2-16(21-17)12-6-8-20-9-7-12/h1-6,9-10H,7-8,11H2. The predicted octanol–water partition coefficient (Wildman–Crippen LogP) is 4.31. The zero-order chi connectivity index (χ0) is 15.4. The minimum Gasteiger partial charge on any atom is -0.473 e. The summed E-state index contributed by atoms with van der Waals surface area (Å²) in [5.41, 5.74) is 2.43. The number of nitrogens with zero attached hydrogens (tertiary/aromatic N) is 2. The van der Waals surface area contributed by atoms with Gasteiger partial charge in [0, 0.05) is 29.3 Å². The highest BCUT2D eigenvalue weighted by Gasteiger charge is 2.08. The molecule has 0 amide bonds. The highest BCUT2D eigenvalue weighted by molar-refractivity contribution is 6.30. The quantitative estimate of drug-likeness (QED) is 0.842. The van der Waals surface area contributed by atoms with Crippen LogP contribution in [0, 0.1) is 5.82 Å². The Hall–Kier alpha value is -2.20. The molecule has 1 aromatic carbocycles. The number of hydrogen-bond acceptors (Lipinski definition) is 3. The highest BCUT2D eigenvalue weighted by Crippen LogP contribution is 2.21. The number of rotatable bonds is 4. The summed E-state index contributed by atoms with van der Waals surface area (Å²) in [6, 6.07) is 10.1. The lowest BCUT2D eigenvalue weighted by molar-refractivity contribution is 0.288. The van der Waals surface area contributed by atoms with Gasteiger partial charge in [-0.15, -0.1) is 0 Å². The molecule has 0 unspecified atom stereocenters. The molecule has 0 fully saturated rings. The number of pyridine rings is 1. The molecule has 2 aromatic rings. The minimum absolute atomic E-state index is 0.111. The first-order valence-corrected chi connectivity index (χ1v) is 7.31. The second-order valence-corrected chi connectivity index (χ2v) is 5.30. The normalized spacial score (nSPS) is 13.8. The Labute approximate surface area is 133 Å². The monoisotopic (exact) mass is 316 g/mol. The molecule has 5 heteroatoms. The third-order valence-corrected chi connectivity index (χ3v) is 3.56. The van der Waals surface area contributed by atoms with Crippen LogP contribution < -0.4 is 4.74 Å². The van der Waals surface area contributed by atoms with E-state index in [1.54, 1.807) is 18.2 Å². The number of ether oxygens (including phenoxy) is 1. The first kappa shape index (κ1) is 14.7. The maximum absolute atomic E-state index is 13.7. The third-order valence-electron chi connectivity index (χ3n) is 3.33. The molecule has 3 rings (SSSR count). The van der Waals surface area contributed by atoms with Crippen molar-refractivity contribution in [2.24, 2.45) is 4.99 Å². The largest absolute Gasteiger partial charge is 0.473 e. The first-order valence-electron chi connectivity index (χ1n) is 6.94. The van der Waals surface area contributed by atoms with E-state index < -0.39 is 0 Å². The first-order chi connectivity index (χ1) is 10.7. The Kier molecular flexibility index (Phi) is 4.49. The van der Waals surface area contributed by atoms with Gasteiger partial charge < -0.3 is 4.74 Å². The van der Waals surface area contributed by atoms with Crippen LogP contribution in [0.5, 0.6) is 5.88 Å². The Bertz CT molecular complexity index is 743. The fourth-order valence-electron chi connectivity index (χ4n) is 2.16. The maximum atomic E-state index is 13.7. The Morgan fingerprint density at radius 1 is 1.23 bits per heavy atom. The molecule has 112 valence electrons. The van der Waals surface area contributed by atoms with Gasteiger partial charge in [-0.05, 0) is 23.8 Å². The zero-order valence-corrected chi connectivity index (χ0v) is 12.6. The molecule has 0 saturated carbocycles. The van der Waals surface area contributed by atoms with E-state index >= 15 is 0 Å². The molecule has 0 bridgehead atoms. The van der Waals surface area contributed by atoms with Crippen LogP contribution >= 0.6 is 11.6 Å². The molecular formula is C17H14ClFN2O. The van der Waals surface area contributed by atoms with E-state index in [2.05, 4.69) is 9.98 Å². The van der Waals surface area contributed by atoms with Crippen molar-refractivity contribution in [2.75, 3.05) is 6.54 Å². The average Bonchev–Trinajstić information content (AvgIpc) is 2.55. The second-order valence-electron chi connectivity index (χ2n) is 4.87. The van der Waals surface area contributed by atoms with Crippen molar-refractivity contribution < 1.29 is 9.13 Å². The number of halogens is 2. The fraction of sp³-hybridized carbons (Fsp3) is 0.176. The van der Waals surface area contributed by atoms with E-state index in [1.165, 1.54) is 6.07 Å². The topological polar surface area (TPSA) is 34.5 Å². The molecule has 0 atom stereocenters.